The van der Waals surface area contributed by atoms with Crippen LogP contribution in [0.25, 0.3) is 0 Å². The summed E-state index contributed by atoms with van der Waals surface area (Å²) in [5.41, 5.74) is 1.08. The summed E-state index contributed by atoms with van der Waals surface area (Å²) in [4.78, 5) is 10.6. The molecule has 1 heterocycles. The van der Waals surface area contributed by atoms with Crippen molar-refractivity contribution in [3.63, 3.8) is 0 Å². The highest BCUT2D eigenvalue weighted by Crippen LogP contribution is 2.20. The van der Waals surface area contributed by atoms with Crippen molar-refractivity contribution in [2.45, 2.75) is 6.54 Å². The number of nitrogens with one attached hydrogen (secondary N) is 1. The molecule has 0 unspecified atom stereocenters. The van der Waals surface area contributed by atoms with E-state index in [4.69, 9.17) is 26.4 Å². The van der Waals surface area contributed by atoms with Gasteiger partial charge in [-0.1, -0.05) is 11.6 Å². The molecule has 0 aliphatic rings. The highest BCUT2D eigenvalue weighted by Gasteiger charge is 2.08. The fourth-order valence-electron chi connectivity index (χ4n) is 1.50. The molecule has 96 valence electrons. The van der Waals surface area contributed by atoms with Crippen molar-refractivity contribution in [3.8, 4) is 6.07 Å². The molecule has 0 amide bonds. The molecule has 0 saturated heterocycles. The van der Waals surface area contributed by atoms with Crippen molar-refractivity contribution in [1.82, 2.24) is 0 Å². The van der Waals surface area contributed by atoms with Gasteiger partial charge in [0, 0.05) is 5.69 Å². The zero-order valence-corrected chi connectivity index (χ0v) is 10.4. The Balaban J connectivity index is 2.06. The Morgan fingerprint density at radius 2 is 2.21 bits per heavy atom. The molecular weight excluding hydrogens is 268 g/mol. The molecule has 6 heteroatoms. The van der Waals surface area contributed by atoms with Crippen LogP contribution >= 0.6 is 11.6 Å². The normalized spacial score (nSPS) is 9.89. The molecule has 5 nitrogen and oxygen atoms in total. The Kier molecular flexibility index (Phi) is 3.74. The molecule has 0 saturated carbocycles. The molecule has 0 spiro atoms. The van der Waals surface area contributed by atoms with Crippen LogP contribution in [0, 0.1) is 11.3 Å². The third-order valence-electron chi connectivity index (χ3n) is 2.43. The first-order valence-electron chi connectivity index (χ1n) is 5.35. The van der Waals surface area contributed by atoms with Crippen molar-refractivity contribution in [2.75, 3.05) is 5.32 Å². The second kappa shape index (κ2) is 5.46. The number of hydrogen-bond acceptors (Lipinski definition) is 4. The second-order valence-electron chi connectivity index (χ2n) is 3.73. The number of carboxylic acid groups (broad SMARTS) is 1. The minimum atomic E-state index is -1.11. The van der Waals surface area contributed by atoms with Crippen molar-refractivity contribution in [2.24, 2.45) is 0 Å². The summed E-state index contributed by atoms with van der Waals surface area (Å²) in [5.74, 6) is -0.721. The van der Waals surface area contributed by atoms with Crippen molar-refractivity contribution in [3.05, 3.63) is 52.4 Å². The number of carbonyl (C=O) groups is 1. The van der Waals surface area contributed by atoms with Gasteiger partial charge in [0.2, 0.25) is 5.76 Å². The first-order chi connectivity index (χ1) is 9.10. The van der Waals surface area contributed by atoms with Crippen LogP contribution in [0.3, 0.4) is 0 Å². The van der Waals surface area contributed by atoms with Gasteiger partial charge in [0.15, 0.2) is 0 Å². The lowest BCUT2D eigenvalue weighted by Gasteiger charge is -2.05. The van der Waals surface area contributed by atoms with E-state index < -0.39 is 5.97 Å². The quantitative estimate of drug-likeness (QED) is 0.896. The number of rotatable bonds is 4. The molecule has 0 bridgehead atoms. The zero-order chi connectivity index (χ0) is 13.8. The van der Waals surface area contributed by atoms with Crippen LogP contribution in [0.1, 0.15) is 21.9 Å². The summed E-state index contributed by atoms with van der Waals surface area (Å²) >= 11 is 5.82. The number of aromatic carboxylic acids is 1. The van der Waals surface area contributed by atoms with Gasteiger partial charge in [-0.2, -0.15) is 5.26 Å². The van der Waals surface area contributed by atoms with E-state index in [0.29, 0.717) is 28.6 Å². The second-order valence-corrected chi connectivity index (χ2v) is 4.14. The Hall–Kier alpha value is -2.45. The average Bonchev–Trinajstić information content (AvgIpc) is 2.87. The van der Waals surface area contributed by atoms with Gasteiger partial charge in [0.25, 0.3) is 0 Å². The molecule has 2 aromatic rings. The molecule has 0 fully saturated rings. The monoisotopic (exact) mass is 276 g/mol. The summed E-state index contributed by atoms with van der Waals surface area (Å²) < 4.78 is 5.09. The highest BCUT2D eigenvalue weighted by atomic mass is 35.5. The topological polar surface area (TPSA) is 86.3 Å². The minimum Gasteiger partial charge on any atom is -0.475 e. The number of furan rings is 1. The van der Waals surface area contributed by atoms with Gasteiger partial charge in [-0.15, -0.1) is 0 Å². The molecule has 0 aliphatic heterocycles. The molecule has 0 atom stereocenters. The lowest BCUT2D eigenvalue weighted by molar-refractivity contribution is 0.0660. The lowest BCUT2D eigenvalue weighted by Crippen LogP contribution is -1.99. The molecule has 19 heavy (non-hydrogen) atoms. The van der Waals surface area contributed by atoms with Crippen molar-refractivity contribution < 1.29 is 14.3 Å². The predicted octanol–water partition coefficient (Wildman–Crippen LogP) is 3.11. The van der Waals surface area contributed by atoms with E-state index in [9.17, 15) is 4.79 Å². The third-order valence-corrected chi connectivity index (χ3v) is 2.76. The third kappa shape index (κ3) is 3.06. The molecule has 2 rings (SSSR count). The number of hydrogen-bond donors (Lipinski definition) is 2. The standard InChI is InChI=1S/C13H9ClN2O3/c14-11-3-1-9(5-8(11)6-15)16-7-10-2-4-12(19-10)13(17)18/h1-5,16H,7H2,(H,17,18). The van der Waals surface area contributed by atoms with Gasteiger partial charge in [0.1, 0.15) is 11.8 Å². The molecule has 1 aromatic heterocycles. The van der Waals surface area contributed by atoms with E-state index in [-0.39, 0.29) is 5.76 Å². The number of carboxylic acids is 1. The van der Waals surface area contributed by atoms with E-state index in [0.717, 1.165) is 0 Å². The van der Waals surface area contributed by atoms with Gasteiger partial charge in [-0.05, 0) is 30.3 Å². The van der Waals surface area contributed by atoms with Gasteiger partial charge in [0.05, 0.1) is 17.1 Å². The van der Waals surface area contributed by atoms with Crippen LogP contribution in [0.15, 0.2) is 34.7 Å². The van der Waals surface area contributed by atoms with Gasteiger partial charge >= 0.3 is 5.97 Å². The number of nitrogens with zero attached hydrogens (tertiary/aromatic N) is 1. The van der Waals surface area contributed by atoms with Crippen LogP contribution < -0.4 is 5.32 Å². The van der Waals surface area contributed by atoms with Crippen molar-refractivity contribution in [1.29, 1.82) is 5.26 Å². The van der Waals surface area contributed by atoms with Crippen molar-refractivity contribution >= 4 is 23.3 Å². The molecular formula is C13H9ClN2O3. The smallest absolute Gasteiger partial charge is 0.371 e. The Morgan fingerprint density at radius 3 is 2.84 bits per heavy atom. The summed E-state index contributed by atoms with van der Waals surface area (Å²) in [7, 11) is 0. The van der Waals surface area contributed by atoms with Crippen LogP contribution in [0.2, 0.25) is 5.02 Å². The SMILES string of the molecule is N#Cc1cc(NCc2ccc(C(=O)O)o2)ccc1Cl. The maximum atomic E-state index is 10.6. The highest BCUT2D eigenvalue weighted by molar-refractivity contribution is 6.31. The van der Waals surface area contributed by atoms with E-state index >= 15 is 0 Å². The Bertz CT molecular complexity index is 658. The van der Waals surface area contributed by atoms with E-state index in [1.807, 2.05) is 6.07 Å². The first kappa shape index (κ1) is 13.0. The van der Waals surface area contributed by atoms with Crippen LogP contribution in [0.5, 0.6) is 0 Å². The summed E-state index contributed by atoms with van der Waals surface area (Å²) in [6, 6.07) is 9.91. The predicted molar refractivity (Wildman–Crippen MR) is 69.2 cm³/mol. The van der Waals surface area contributed by atoms with E-state index in [2.05, 4.69) is 5.32 Å². The fourth-order valence-corrected chi connectivity index (χ4v) is 1.66. The lowest BCUT2D eigenvalue weighted by atomic mass is 10.2. The zero-order valence-electron chi connectivity index (χ0n) is 9.68. The van der Waals surface area contributed by atoms with E-state index in [1.54, 1.807) is 24.3 Å². The number of benzene rings is 1. The van der Waals surface area contributed by atoms with Crippen LogP contribution in [0.4, 0.5) is 5.69 Å². The molecule has 1 aromatic carbocycles. The van der Waals surface area contributed by atoms with Gasteiger partial charge < -0.3 is 14.8 Å². The van der Waals surface area contributed by atoms with Crippen LogP contribution in [-0.4, -0.2) is 11.1 Å². The Morgan fingerprint density at radius 1 is 1.42 bits per heavy atom. The summed E-state index contributed by atoms with van der Waals surface area (Å²) in [6.45, 7) is 0.319. The number of halogens is 1. The maximum Gasteiger partial charge on any atom is 0.371 e. The largest absolute Gasteiger partial charge is 0.475 e. The van der Waals surface area contributed by atoms with Gasteiger partial charge in [-0.3, -0.25) is 0 Å². The molecule has 2 N–H and O–H groups in total. The molecule has 0 radical (unpaired) electrons. The number of anilines is 1. The van der Waals surface area contributed by atoms with E-state index in [1.165, 1.54) is 6.07 Å². The minimum absolute atomic E-state index is 0.106. The Labute approximate surface area is 114 Å². The number of nitriles is 1. The summed E-state index contributed by atoms with van der Waals surface area (Å²) in [6.07, 6.45) is 0. The molecule has 0 aliphatic carbocycles. The average molecular weight is 277 g/mol. The van der Waals surface area contributed by atoms with Gasteiger partial charge in [-0.25, -0.2) is 4.79 Å². The maximum absolute atomic E-state index is 10.6. The first-order valence-corrected chi connectivity index (χ1v) is 5.73. The fraction of sp³-hybridized carbons (Fsp3) is 0.0769. The van der Waals surface area contributed by atoms with Crippen LogP contribution in [-0.2, 0) is 6.54 Å². The summed E-state index contributed by atoms with van der Waals surface area (Å²) in [5, 5.41) is 21.0.